The quantitative estimate of drug-likeness (QED) is 0.911. The third-order valence-corrected chi connectivity index (χ3v) is 4.21. The van der Waals surface area contributed by atoms with Gasteiger partial charge in [-0.2, -0.15) is 0 Å². The lowest BCUT2D eigenvalue weighted by atomic mass is 9.88. The molecule has 3 nitrogen and oxygen atoms in total. The van der Waals surface area contributed by atoms with Crippen LogP contribution in [0.3, 0.4) is 0 Å². The van der Waals surface area contributed by atoms with Gasteiger partial charge in [0, 0.05) is 23.8 Å². The first-order valence-electron chi connectivity index (χ1n) is 6.36. The highest BCUT2D eigenvalue weighted by Crippen LogP contribution is 2.30. The van der Waals surface area contributed by atoms with E-state index in [2.05, 4.69) is 15.9 Å². The minimum Gasteiger partial charge on any atom is -0.394 e. The molecule has 4 heteroatoms. The monoisotopic (exact) mass is 268 g/mol. The number of nitrogens with zero attached hydrogens (tertiary/aromatic N) is 2. The van der Waals surface area contributed by atoms with Crippen molar-refractivity contribution in [2.45, 2.75) is 18.4 Å². The van der Waals surface area contributed by atoms with E-state index in [9.17, 15) is 5.11 Å². The Balaban J connectivity index is 2.20. The number of aliphatic hydroxyl groups is 1. The number of halogens is 1. The van der Waals surface area contributed by atoms with Crippen molar-refractivity contribution < 1.29 is 5.11 Å². The van der Waals surface area contributed by atoms with Crippen molar-refractivity contribution in [3.8, 4) is 0 Å². The highest BCUT2D eigenvalue weighted by molar-refractivity contribution is 6.30. The maximum atomic E-state index is 9.74. The normalized spacial score (nSPS) is 24.6. The second kappa shape index (κ2) is 5.47. The van der Waals surface area contributed by atoms with E-state index in [4.69, 9.17) is 11.6 Å². The zero-order chi connectivity index (χ0) is 13.2. The fraction of sp³-hybridized carbons (Fsp3) is 0.571. The maximum absolute atomic E-state index is 9.74. The molecule has 1 N–H and O–H groups in total. The summed E-state index contributed by atoms with van der Waals surface area (Å²) in [6, 6.07) is 7.93. The van der Waals surface area contributed by atoms with Crippen molar-refractivity contribution in [2.24, 2.45) is 0 Å². The Bertz CT molecular complexity index is 411. The van der Waals surface area contributed by atoms with Crippen LogP contribution in [-0.4, -0.2) is 49.3 Å². The molecule has 1 aromatic rings. The van der Waals surface area contributed by atoms with Crippen LogP contribution in [0.25, 0.3) is 0 Å². The molecule has 0 aromatic heterocycles. The van der Waals surface area contributed by atoms with Gasteiger partial charge in [0.1, 0.15) is 0 Å². The van der Waals surface area contributed by atoms with Crippen LogP contribution in [0.1, 0.15) is 12.8 Å². The van der Waals surface area contributed by atoms with Gasteiger partial charge in [0.05, 0.1) is 12.1 Å². The number of hydrogen-bond acceptors (Lipinski definition) is 3. The largest absolute Gasteiger partial charge is 0.394 e. The number of anilines is 1. The van der Waals surface area contributed by atoms with Crippen molar-refractivity contribution in [1.29, 1.82) is 0 Å². The number of hydrogen-bond donors (Lipinski definition) is 1. The van der Waals surface area contributed by atoms with Gasteiger partial charge in [0.25, 0.3) is 0 Å². The first-order valence-corrected chi connectivity index (χ1v) is 6.74. The van der Waals surface area contributed by atoms with Crippen molar-refractivity contribution >= 4 is 17.3 Å². The average molecular weight is 269 g/mol. The summed E-state index contributed by atoms with van der Waals surface area (Å²) in [6.07, 6.45) is 2.12. The van der Waals surface area contributed by atoms with E-state index in [-0.39, 0.29) is 12.1 Å². The van der Waals surface area contributed by atoms with Crippen LogP contribution in [0.15, 0.2) is 24.3 Å². The molecule has 0 bridgehead atoms. The van der Waals surface area contributed by atoms with Crippen molar-refractivity contribution in [1.82, 2.24) is 4.90 Å². The van der Waals surface area contributed by atoms with Gasteiger partial charge in [-0.3, -0.25) is 4.90 Å². The molecule has 100 valence electrons. The van der Waals surface area contributed by atoms with Crippen LogP contribution in [0.4, 0.5) is 5.69 Å². The molecule has 18 heavy (non-hydrogen) atoms. The van der Waals surface area contributed by atoms with Crippen molar-refractivity contribution in [3.05, 3.63) is 29.3 Å². The lowest BCUT2D eigenvalue weighted by molar-refractivity contribution is 0.0547. The Morgan fingerprint density at radius 1 is 1.44 bits per heavy atom. The predicted molar refractivity (Wildman–Crippen MR) is 76.4 cm³/mol. The molecule has 0 aliphatic carbocycles. The first-order chi connectivity index (χ1) is 8.57. The molecule has 1 aliphatic heterocycles. The number of benzene rings is 1. The van der Waals surface area contributed by atoms with E-state index in [0.717, 1.165) is 36.6 Å². The molecule has 1 aromatic carbocycles. The van der Waals surface area contributed by atoms with Crippen LogP contribution in [-0.2, 0) is 0 Å². The average Bonchev–Trinajstić information content (AvgIpc) is 2.38. The van der Waals surface area contributed by atoms with Gasteiger partial charge in [-0.05, 0) is 45.1 Å². The Kier molecular flexibility index (Phi) is 4.15. The molecule has 1 unspecified atom stereocenters. The summed E-state index contributed by atoms with van der Waals surface area (Å²) in [7, 11) is 4.08. The van der Waals surface area contributed by atoms with Crippen LogP contribution < -0.4 is 4.90 Å². The molecular weight excluding hydrogens is 248 g/mol. The van der Waals surface area contributed by atoms with Crippen LogP contribution >= 0.6 is 11.6 Å². The van der Waals surface area contributed by atoms with Gasteiger partial charge < -0.3 is 10.0 Å². The van der Waals surface area contributed by atoms with E-state index < -0.39 is 0 Å². The topological polar surface area (TPSA) is 26.7 Å². The summed E-state index contributed by atoms with van der Waals surface area (Å²) in [5, 5.41) is 10.5. The van der Waals surface area contributed by atoms with Gasteiger partial charge >= 0.3 is 0 Å². The molecular formula is C14H21ClN2O. The molecule has 0 saturated carbocycles. The predicted octanol–water partition coefficient (Wildman–Crippen LogP) is 2.23. The molecule has 1 atom stereocenters. The first kappa shape index (κ1) is 13.7. The fourth-order valence-corrected chi connectivity index (χ4v) is 2.83. The van der Waals surface area contributed by atoms with Crippen molar-refractivity contribution in [2.75, 3.05) is 38.7 Å². The highest BCUT2D eigenvalue weighted by atomic mass is 35.5. The number of likely N-dealkylation sites (N-methyl/N-ethyl adjacent to an activating group) is 1. The van der Waals surface area contributed by atoms with Crippen LogP contribution in [0.2, 0.25) is 5.02 Å². The molecule has 1 saturated heterocycles. The van der Waals surface area contributed by atoms with Gasteiger partial charge in [0.2, 0.25) is 0 Å². The Morgan fingerprint density at radius 3 is 2.83 bits per heavy atom. The molecule has 2 rings (SSSR count). The fourth-order valence-electron chi connectivity index (χ4n) is 2.64. The summed E-state index contributed by atoms with van der Waals surface area (Å²) >= 11 is 6.05. The Hall–Kier alpha value is -0.770. The highest BCUT2D eigenvalue weighted by Gasteiger charge is 2.37. The summed E-state index contributed by atoms with van der Waals surface area (Å²) < 4.78 is 0. The zero-order valence-corrected chi connectivity index (χ0v) is 11.8. The minimum atomic E-state index is -0.138. The minimum absolute atomic E-state index is 0.138. The zero-order valence-electron chi connectivity index (χ0n) is 11.1. The van der Waals surface area contributed by atoms with Gasteiger partial charge in [-0.1, -0.05) is 17.7 Å². The molecule has 0 radical (unpaired) electrons. The Labute approximate surface area is 114 Å². The number of rotatable bonds is 3. The van der Waals surface area contributed by atoms with E-state index in [1.165, 1.54) is 0 Å². The SMILES string of the molecule is CN(C)C1(CO)CCCN(c2cccc(Cl)c2)C1. The molecule has 1 aliphatic rings. The second-order valence-corrected chi connectivity index (χ2v) is 5.72. The molecule has 0 amide bonds. The van der Waals surface area contributed by atoms with Crippen LogP contribution in [0.5, 0.6) is 0 Å². The van der Waals surface area contributed by atoms with Crippen LogP contribution in [0, 0.1) is 0 Å². The summed E-state index contributed by atoms with van der Waals surface area (Å²) in [4.78, 5) is 4.45. The second-order valence-electron chi connectivity index (χ2n) is 5.28. The lowest BCUT2D eigenvalue weighted by Gasteiger charge is -2.46. The van der Waals surface area contributed by atoms with E-state index >= 15 is 0 Å². The number of piperidine rings is 1. The standard InChI is InChI=1S/C14H21ClN2O/c1-16(2)14(11-18)7-4-8-17(10-14)13-6-3-5-12(15)9-13/h3,5-6,9,18H,4,7-8,10-11H2,1-2H3. The van der Waals surface area contributed by atoms with Gasteiger partial charge in [-0.25, -0.2) is 0 Å². The van der Waals surface area contributed by atoms with E-state index in [1.807, 2.05) is 32.3 Å². The van der Waals surface area contributed by atoms with Crippen molar-refractivity contribution in [3.63, 3.8) is 0 Å². The lowest BCUT2D eigenvalue weighted by Crippen LogP contribution is -2.58. The molecule has 1 heterocycles. The van der Waals surface area contributed by atoms with E-state index in [0.29, 0.717) is 0 Å². The van der Waals surface area contributed by atoms with Gasteiger partial charge in [0.15, 0.2) is 0 Å². The molecule has 0 spiro atoms. The number of aliphatic hydroxyl groups excluding tert-OH is 1. The Morgan fingerprint density at radius 2 is 2.22 bits per heavy atom. The third kappa shape index (κ3) is 2.63. The third-order valence-electron chi connectivity index (χ3n) is 3.97. The van der Waals surface area contributed by atoms with Gasteiger partial charge in [-0.15, -0.1) is 0 Å². The smallest absolute Gasteiger partial charge is 0.0632 e. The maximum Gasteiger partial charge on any atom is 0.0632 e. The summed E-state index contributed by atoms with van der Waals surface area (Å²) in [6.45, 7) is 2.06. The summed E-state index contributed by atoms with van der Waals surface area (Å²) in [5.74, 6) is 0. The summed E-state index contributed by atoms with van der Waals surface area (Å²) in [5.41, 5.74) is 1.00. The molecule has 1 fully saturated rings. The van der Waals surface area contributed by atoms with E-state index in [1.54, 1.807) is 0 Å².